The minimum atomic E-state index is -0.545. The average molecular weight is 306 g/mol. The number of rotatable bonds is 5. The van der Waals surface area contributed by atoms with E-state index in [0.29, 0.717) is 19.5 Å². The fourth-order valence-electron chi connectivity index (χ4n) is 3.62. The number of likely N-dealkylation sites (tertiary alicyclic amines) is 2. The molecule has 3 rings (SSSR count). The van der Waals surface area contributed by atoms with Crippen LogP contribution >= 0.6 is 0 Å². The fourth-order valence-corrected chi connectivity index (χ4v) is 3.62. The summed E-state index contributed by atoms with van der Waals surface area (Å²) in [6.07, 6.45) is 2.98. The van der Waals surface area contributed by atoms with E-state index in [9.17, 15) is 14.3 Å². The molecule has 2 aliphatic rings. The Kier molecular flexibility index (Phi) is 4.74. The predicted molar refractivity (Wildman–Crippen MR) is 81.8 cm³/mol. The minimum Gasteiger partial charge on any atom is -0.390 e. The Morgan fingerprint density at radius 3 is 2.86 bits per heavy atom. The number of aliphatic hydroxyl groups is 1. The van der Waals surface area contributed by atoms with Gasteiger partial charge in [0.25, 0.3) is 0 Å². The number of hydrogen-bond donors (Lipinski definition) is 1. The van der Waals surface area contributed by atoms with Gasteiger partial charge in [0.05, 0.1) is 6.10 Å². The highest BCUT2D eigenvalue weighted by molar-refractivity contribution is 5.78. The highest BCUT2D eigenvalue weighted by Gasteiger charge is 2.29. The Hall–Kier alpha value is -1.46. The molecule has 120 valence electrons. The van der Waals surface area contributed by atoms with Gasteiger partial charge in [-0.1, -0.05) is 12.1 Å². The Morgan fingerprint density at radius 1 is 1.27 bits per heavy atom. The lowest BCUT2D eigenvalue weighted by Crippen LogP contribution is -2.40. The lowest BCUT2D eigenvalue weighted by atomic mass is 10.0. The van der Waals surface area contributed by atoms with Gasteiger partial charge in [0, 0.05) is 32.1 Å². The molecule has 0 spiro atoms. The monoisotopic (exact) mass is 306 g/mol. The summed E-state index contributed by atoms with van der Waals surface area (Å²) in [6, 6.07) is 6.89. The zero-order valence-electron chi connectivity index (χ0n) is 12.7. The molecule has 0 aromatic heterocycles. The third-order valence-corrected chi connectivity index (χ3v) is 4.64. The van der Waals surface area contributed by atoms with Crippen molar-refractivity contribution in [2.75, 3.05) is 26.2 Å². The third-order valence-electron chi connectivity index (χ3n) is 4.64. The van der Waals surface area contributed by atoms with Gasteiger partial charge in [0.1, 0.15) is 5.82 Å². The van der Waals surface area contributed by atoms with Gasteiger partial charge in [0.15, 0.2) is 0 Å². The summed E-state index contributed by atoms with van der Waals surface area (Å²) < 4.78 is 13.4. The van der Waals surface area contributed by atoms with Gasteiger partial charge in [-0.25, -0.2) is 4.39 Å². The van der Waals surface area contributed by atoms with Crippen LogP contribution in [0.4, 0.5) is 4.39 Å². The molecular formula is C17H23FN2O2. The molecule has 0 aliphatic carbocycles. The van der Waals surface area contributed by atoms with Crippen molar-refractivity contribution in [1.29, 1.82) is 0 Å². The predicted octanol–water partition coefficient (Wildman–Crippen LogP) is 1.95. The zero-order chi connectivity index (χ0) is 15.5. The molecule has 22 heavy (non-hydrogen) atoms. The van der Waals surface area contributed by atoms with Crippen molar-refractivity contribution >= 4 is 5.91 Å². The van der Waals surface area contributed by atoms with E-state index in [1.54, 1.807) is 17.0 Å². The van der Waals surface area contributed by atoms with Crippen molar-refractivity contribution in [3.8, 4) is 0 Å². The molecule has 2 heterocycles. The molecule has 0 radical (unpaired) electrons. The molecular weight excluding hydrogens is 283 g/mol. The second-order valence-corrected chi connectivity index (χ2v) is 6.31. The topological polar surface area (TPSA) is 43.8 Å². The van der Waals surface area contributed by atoms with Crippen LogP contribution in [0.25, 0.3) is 0 Å². The van der Waals surface area contributed by atoms with Crippen molar-refractivity contribution < 1.29 is 14.3 Å². The molecule has 1 amide bonds. The van der Waals surface area contributed by atoms with Crippen molar-refractivity contribution in [1.82, 2.24) is 9.80 Å². The van der Waals surface area contributed by atoms with Crippen LogP contribution in [0.5, 0.6) is 0 Å². The first-order valence-corrected chi connectivity index (χ1v) is 8.09. The van der Waals surface area contributed by atoms with Crippen LogP contribution in [0.2, 0.25) is 0 Å². The molecule has 1 N–H and O–H groups in total. The van der Waals surface area contributed by atoms with Gasteiger partial charge in [-0.15, -0.1) is 0 Å². The van der Waals surface area contributed by atoms with Crippen molar-refractivity contribution in [3.05, 3.63) is 35.6 Å². The van der Waals surface area contributed by atoms with E-state index < -0.39 is 6.10 Å². The van der Waals surface area contributed by atoms with Crippen LogP contribution in [0.15, 0.2) is 24.3 Å². The maximum atomic E-state index is 13.4. The van der Waals surface area contributed by atoms with E-state index >= 15 is 0 Å². The number of carbonyl (C=O) groups is 1. The van der Waals surface area contributed by atoms with E-state index in [2.05, 4.69) is 4.90 Å². The summed E-state index contributed by atoms with van der Waals surface area (Å²) >= 11 is 0. The summed E-state index contributed by atoms with van der Waals surface area (Å²) in [7, 11) is 0. The second kappa shape index (κ2) is 6.75. The number of aliphatic hydroxyl groups excluding tert-OH is 1. The first-order valence-electron chi connectivity index (χ1n) is 8.09. The maximum absolute atomic E-state index is 13.4. The Labute approximate surface area is 130 Å². The number of hydrogen-bond acceptors (Lipinski definition) is 3. The molecule has 2 unspecified atom stereocenters. The average Bonchev–Trinajstić information content (AvgIpc) is 3.09. The fraction of sp³-hybridized carbons (Fsp3) is 0.588. The number of carbonyl (C=O) groups excluding carboxylic acids is 1. The maximum Gasteiger partial charge on any atom is 0.222 e. The largest absolute Gasteiger partial charge is 0.390 e. The molecule has 4 nitrogen and oxygen atoms in total. The van der Waals surface area contributed by atoms with Crippen molar-refractivity contribution in [2.24, 2.45) is 0 Å². The van der Waals surface area contributed by atoms with Gasteiger partial charge in [-0.05, 0) is 43.5 Å². The van der Waals surface area contributed by atoms with Crippen LogP contribution in [0.1, 0.15) is 37.3 Å². The molecule has 2 atom stereocenters. The highest BCUT2D eigenvalue weighted by Crippen LogP contribution is 2.32. The van der Waals surface area contributed by atoms with E-state index in [4.69, 9.17) is 0 Å². The molecule has 1 aromatic rings. The van der Waals surface area contributed by atoms with Gasteiger partial charge in [-0.3, -0.25) is 9.69 Å². The first kappa shape index (κ1) is 15.4. The quantitative estimate of drug-likeness (QED) is 0.904. The summed E-state index contributed by atoms with van der Waals surface area (Å²) in [5, 5.41) is 10.3. The van der Waals surface area contributed by atoms with Gasteiger partial charge in [0.2, 0.25) is 5.91 Å². The van der Waals surface area contributed by atoms with Crippen LogP contribution in [0.3, 0.4) is 0 Å². The first-order chi connectivity index (χ1) is 10.6. The zero-order valence-corrected chi connectivity index (χ0v) is 12.7. The third kappa shape index (κ3) is 3.47. The minimum absolute atomic E-state index is 0.141. The lowest BCUT2D eigenvalue weighted by molar-refractivity contribution is -0.129. The van der Waals surface area contributed by atoms with Crippen molar-refractivity contribution in [3.63, 3.8) is 0 Å². The number of β-amino-alcohol motifs (C(OH)–C–C–N with tert-alkyl or cyclic N) is 1. The molecule has 5 heteroatoms. The van der Waals surface area contributed by atoms with Crippen molar-refractivity contribution in [2.45, 2.75) is 37.8 Å². The molecule has 1 aromatic carbocycles. The van der Waals surface area contributed by atoms with Crippen LogP contribution in [-0.4, -0.2) is 53.1 Å². The Bertz CT molecular complexity index is 537. The summed E-state index contributed by atoms with van der Waals surface area (Å²) in [6.45, 7) is 2.60. The van der Waals surface area contributed by atoms with Gasteiger partial charge < -0.3 is 10.0 Å². The van der Waals surface area contributed by atoms with Crippen LogP contribution in [0, 0.1) is 5.82 Å². The number of halogens is 1. The van der Waals surface area contributed by atoms with E-state index in [1.807, 2.05) is 6.07 Å². The van der Waals surface area contributed by atoms with E-state index in [0.717, 1.165) is 37.9 Å². The lowest BCUT2D eigenvalue weighted by Gasteiger charge is -2.29. The summed E-state index contributed by atoms with van der Waals surface area (Å²) in [4.78, 5) is 15.6. The summed E-state index contributed by atoms with van der Waals surface area (Å²) in [5.41, 5.74) is 0.974. The second-order valence-electron chi connectivity index (χ2n) is 6.31. The molecule has 2 saturated heterocycles. The molecule has 2 fully saturated rings. The highest BCUT2D eigenvalue weighted by atomic mass is 19.1. The van der Waals surface area contributed by atoms with Gasteiger partial charge >= 0.3 is 0 Å². The van der Waals surface area contributed by atoms with Gasteiger partial charge in [-0.2, -0.15) is 0 Å². The Morgan fingerprint density at radius 2 is 2.14 bits per heavy atom. The normalized spacial score (nSPS) is 24.2. The molecule has 0 saturated carbocycles. The standard InChI is InChI=1S/C17H23FN2O2/c18-14-5-1-4-13(10-14)16-6-2-8-19(16)11-15(21)12-20-9-3-7-17(20)22/h1,4-5,10,15-16,21H,2-3,6-9,11-12H2. The van der Waals surface area contributed by atoms with Crippen LogP contribution < -0.4 is 0 Å². The SMILES string of the molecule is O=C1CCCN1CC(O)CN1CCCC1c1cccc(F)c1. The Balaban J connectivity index is 1.60. The smallest absolute Gasteiger partial charge is 0.222 e. The van der Waals surface area contributed by atoms with Crippen LogP contribution in [-0.2, 0) is 4.79 Å². The van der Waals surface area contributed by atoms with E-state index in [1.165, 1.54) is 6.07 Å². The molecule has 0 bridgehead atoms. The number of amides is 1. The number of benzene rings is 1. The molecule has 2 aliphatic heterocycles. The number of nitrogens with zero attached hydrogens (tertiary/aromatic N) is 2. The summed E-state index contributed by atoms with van der Waals surface area (Å²) in [5.74, 6) is -0.0743. The van der Waals surface area contributed by atoms with E-state index in [-0.39, 0.29) is 17.8 Å².